The van der Waals surface area contributed by atoms with Crippen LogP contribution in [-0.4, -0.2) is 67.4 Å². The van der Waals surface area contributed by atoms with Gasteiger partial charge in [0.05, 0.1) is 12.5 Å². The standard InChI is InChI=1S/C25H28N2O6/c1-16-12-27(13-21(16)24(29)30)23(28)15-32-11-10-26-25(31)33-14-22-19-8-4-2-6-17(19)18-7-3-5-9-20(18)22/h2-9,16,21-22H,10-15H2,1H3,(H,26,31)(H,29,30)/t16-,21-/m1/s1. The van der Waals surface area contributed by atoms with Gasteiger partial charge in [-0.1, -0.05) is 55.5 Å². The van der Waals surface area contributed by atoms with Crippen LogP contribution in [0.15, 0.2) is 48.5 Å². The fraction of sp³-hybridized carbons (Fsp3) is 0.400. The van der Waals surface area contributed by atoms with Crippen LogP contribution in [0.25, 0.3) is 11.1 Å². The first-order valence-corrected chi connectivity index (χ1v) is 11.1. The Labute approximate surface area is 192 Å². The molecule has 0 bridgehead atoms. The quantitative estimate of drug-likeness (QED) is 0.597. The Morgan fingerprint density at radius 3 is 2.27 bits per heavy atom. The van der Waals surface area contributed by atoms with Crippen molar-refractivity contribution in [3.05, 3.63) is 59.7 Å². The molecule has 174 valence electrons. The molecule has 2 atom stereocenters. The Morgan fingerprint density at radius 2 is 1.67 bits per heavy atom. The molecule has 33 heavy (non-hydrogen) atoms. The Morgan fingerprint density at radius 1 is 1.03 bits per heavy atom. The lowest BCUT2D eigenvalue weighted by Crippen LogP contribution is -2.34. The Kier molecular flexibility index (Phi) is 6.93. The first-order chi connectivity index (χ1) is 16.0. The molecule has 1 saturated heterocycles. The summed E-state index contributed by atoms with van der Waals surface area (Å²) >= 11 is 0. The number of hydrogen-bond acceptors (Lipinski definition) is 5. The molecule has 2 aromatic carbocycles. The van der Waals surface area contributed by atoms with E-state index in [9.17, 15) is 14.4 Å². The van der Waals surface area contributed by atoms with Crippen molar-refractivity contribution in [2.45, 2.75) is 12.8 Å². The number of hydrogen-bond donors (Lipinski definition) is 2. The second-order valence-electron chi connectivity index (χ2n) is 8.53. The highest BCUT2D eigenvalue weighted by atomic mass is 16.5. The number of aliphatic carboxylic acids is 1. The lowest BCUT2D eigenvalue weighted by molar-refractivity contribution is -0.142. The smallest absolute Gasteiger partial charge is 0.407 e. The molecular formula is C25H28N2O6. The normalized spacial score (nSPS) is 19.1. The van der Waals surface area contributed by atoms with Gasteiger partial charge in [0.1, 0.15) is 13.2 Å². The number of carboxylic acids is 1. The third-order valence-electron chi connectivity index (χ3n) is 6.37. The van der Waals surface area contributed by atoms with Crippen molar-refractivity contribution in [2.24, 2.45) is 11.8 Å². The average molecular weight is 453 g/mol. The average Bonchev–Trinajstić information content (AvgIpc) is 3.36. The van der Waals surface area contributed by atoms with E-state index < -0.39 is 18.0 Å². The van der Waals surface area contributed by atoms with Crippen molar-refractivity contribution in [1.29, 1.82) is 0 Å². The molecule has 8 heteroatoms. The summed E-state index contributed by atoms with van der Waals surface area (Å²) in [5.41, 5.74) is 4.63. The molecule has 0 saturated carbocycles. The molecule has 2 aliphatic rings. The molecule has 2 N–H and O–H groups in total. The van der Waals surface area contributed by atoms with E-state index in [1.165, 1.54) is 16.0 Å². The van der Waals surface area contributed by atoms with E-state index in [0.29, 0.717) is 6.54 Å². The number of amides is 2. The summed E-state index contributed by atoms with van der Waals surface area (Å²) in [6.07, 6.45) is -0.538. The van der Waals surface area contributed by atoms with Gasteiger partial charge in [-0.15, -0.1) is 0 Å². The maximum absolute atomic E-state index is 12.2. The molecule has 8 nitrogen and oxygen atoms in total. The molecule has 1 aliphatic heterocycles. The number of carbonyl (C=O) groups is 3. The molecule has 4 rings (SSSR count). The third-order valence-corrected chi connectivity index (χ3v) is 6.37. The number of ether oxygens (including phenoxy) is 2. The fourth-order valence-electron chi connectivity index (χ4n) is 4.62. The topological polar surface area (TPSA) is 105 Å². The maximum Gasteiger partial charge on any atom is 0.407 e. The summed E-state index contributed by atoms with van der Waals surface area (Å²) < 4.78 is 10.8. The second-order valence-corrected chi connectivity index (χ2v) is 8.53. The molecule has 1 fully saturated rings. The largest absolute Gasteiger partial charge is 0.481 e. The van der Waals surface area contributed by atoms with Gasteiger partial charge >= 0.3 is 12.1 Å². The predicted molar refractivity (Wildman–Crippen MR) is 121 cm³/mol. The van der Waals surface area contributed by atoms with Gasteiger partial charge in [0.15, 0.2) is 0 Å². The van der Waals surface area contributed by atoms with Crippen LogP contribution in [0.3, 0.4) is 0 Å². The van der Waals surface area contributed by atoms with Crippen molar-refractivity contribution in [1.82, 2.24) is 10.2 Å². The van der Waals surface area contributed by atoms with E-state index in [0.717, 1.165) is 11.1 Å². The number of carbonyl (C=O) groups excluding carboxylic acids is 2. The predicted octanol–water partition coefficient (Wildman–Crippen LogP) is 2.72. The first-order valence-electron chi connectivity index (χ1n) is 11.1. The van der Waals surface area contributed by atoms with Crippen LogP contribution in [0.1, 0.15) is 24.0 Å². The van der Waals surface area contributed by atoms with Crippen LogP contribution < -0.4 is 5.32 Å². The van der Waals surface area contributed by atoms with Crippen molar-refractivity contribution >= 4 is 18.0 Å². The Hall–Kier alpha value is -3.39. The number of benzene rings is 2. The van der Waals surface area contributed by atoms with Gasteiger partial charge in [-0.05, 0) is 28.2 Å². The van der Waals surface area contributed by atoms with Crippen molar-refractivity contribution < 1.29 is 29.0 Å². The highest BCUT2D eigenvalue weighted by Crippen LogP contribution is 2.44. The van der Waals surface area contributed by atoms with Gasteiger partial charge in [-0.2, -0.15) is 0 Å². The lowest BCUT2D eigenvalue weighted by atomic mass is 9.98. The molecule has 1 aliphatic carbocycles. The van der Waals surface area contributed by atoms with E-state index in [-0.39, 0.29) is 50.7 Å². The van der Waals surface area contributed by atoms with Crippen LogP contribution in [0.5, 0.6) is 0 Å². The number of alkyl carbamates (subject to hydrolysis) is 1. The Bertz CT molecular complexity index is 994. The minimum absolute atomic E-state index is 0.00509. The zero-order valence-electron chi connectivity index (χ0n) is 18.5. The summed E-state index contributed by atoms with van der Waals surface area (Å²) in [5.74, 6) is -1.75. The van der Waals surface area contributed by atoms with Gasteiger partial charge < -0.3 is 24.8 Å². The van der Waals surface area contributed by atoms with Crippen LogP contribution >= 0.6 is 0 Å². The molecule has 0 aromatic heterocycles. The highest BCUT2D eigenvalue weighted by Gasteiger charge is 2.36. The zero-order chi connectivity index (χ0) is 23.4. The molecule has 2 aromatic rings. The van der Waals surface area contributed by atoms with E-state index in [2.05, 4.69) is 29.6 Å². The molecule has 0 spiro atoms. The van der Waals surface area contributed by atoms with E-state index >= 15 is 0 Å². The number of likely N-dealkylation sites (tertiary alicyclic amines) is 1. The highest BCUT2D eigenvalue weighted by molar-refractivity contribution is 5.80. The number of carboxylic acid groups (broad SMARTS) is 1. The monoisotopic (exact) mass is 452 g/mol. The maximum atomic E-state index is 12.2. The van der Waals surface area contributed by atoms with E-state index in [1.807, 2.05) is 31.2 Å². The van der Waals surface area contributed by atoms with E-state index in [1.54, 1.807) is 0 Å². The van der Waals surface area contributed by atoms with Crippen molar-refractivity contribution in [3.8, 4) is 11.1 Å². The van der Waals surface area contributed by atoms with E-state index in [4.69, 9.17) is 14.6 Å². The van der Waals surface area contributed by atoms with Gasteiger partial charge in [-0.25, -0.2) is 4.79 Å². The molecule has 0 unspecified atom stereocenters. The van der Waals surface area contributed by atoms with Crippen LogP contribution in [0.2, 0.25) is 0 Å². The summed E-state index contributed by atoms with van der Waals surface area (Å²) in [6, 6.07) is 16.3. The number of nitrogens with zero attached hydrogens (tertiary/aromatic N) is 1. The van der Waals surface area contributed by atoms with Gasteiger partial charge in [-0.3, -0.25) is 9.59 Å². The molecular weight excluding hydrogens is 424 g/mol. The second kappa shape index (κ2) is 10.0. The molecule has 2 amide bonds. The SMILES string of the molecule is C[C@@H]1CN(C(=O)COCCNC(=O)OCC2c3ccccc3-c3ccccc32)C[C@H]1C(=O)O. The number of fused-ring (bicyclic) bond motifs is 3. The summed E-state index contributed by atoms with van der Waals surface area (Å²) in [6.45, 7) is 2.89. The molecule has 0 radical (unpaired) electrons. The summed E-state index contributed by atoms with van der Waals surface area (Å²) in [7, 11) is 0. The number of rotatable bonds is 8. The summed E-state index contributed by atoms with van der Waals surface area (Å²) in [5, 5.41) is 11.8. The summed E-state index contributed by atoms with van der Waals surface area (Å²) in [4.78, 5) is 37.0. The minimum Gasteiger partial charge on any atom is -0.481 e. The van der Waals surface area contributed by atoms with Gasteiger partial charge in [0.25, 0.3) is 0 Å². The number of nitrogens with one attached hydrogen (secondary N) is 1. The van der Waals surface area contributed by atoms with Crippen LogP contribution in [-0.2, 0) is 19.1 Å². The van der Waals surface area contributed by atoms with Gasteiger partial charge in [0.2, 0.25) is 5.91 Å². The van der Waals surface area contributed by atoms with Crippen molar-refractivity contribution in [3.63, 3.8) is 0 Å². The first kappa shape index (κ1) is 22.8. The van der Waals surface area contributed by atoms with Crippen LogP contribution in [0.4, 0.5) is 4.79 Å². The zero-order valence-corrected chi connectivity index (χ0v) is 18.5. The molecule has 1 heterocycles. The fourth-order valence-corrected chi connectivity index (χ4v) is 4.62. The van der Waals surface area contributed by atoms with Crippen molar-refractivity contribution in [2.75, 3.05) is 39.5 Å². The van der Waals surface area contributed by atoms with Gasteiger partial charge in [0, 0.05) is 25.6 Å². The van der Waals surface area contributed by atoms with Crippen LogP contribution in [0, 0.1) is 11.8 Å². The minimum atomic E-state index is -0.883. The third kappa shape index (κ3) is 5.01. The Balaban J connectivity index is 1.17. The lowest BCUT2D eigenvalue weighted by Gasteiger charge is -2.16.